The molecule has 3 aromatic carbocycles. The molecule has 2 amide bonds. The van der Waals surface area contributed by atoms with Gasteiger partial charge in [-0.15, -0.1) is 0 Å². The quantitative estimate of drug-likeness (QED) is 0.277. The number of halogens is 2. The molecule has 222 valence electrons. The number of likely N-dealkylation sites (tertiary alicyclic amines) is 1. The normalized spacial score (nSPS) is 18.3. The van der Waals surface area contributed by atoms with Gasteiger partial charge in [-0.25, -0.2) is 0 Å². The molecule has 3 aromatic rings. The summed E-state index contributed by atoms with van der Waals surface area (Å²) in [5.41, 5.74) is 3.12. The van der Waals surface area contributed by atoms with Gasteiger partial charge in [0, 0.05) is 46.0 Å². The minimum absolute atomic E-state index is 0.0235. The van der Waals surface area contributed by atoms with Crippen molar-refractivity contribution < 1.29 is 19.1 Å². The molecule has 0 radical (unpaired) electrons. The lowest BCUT2D eigenvalue weighted by molar-refractivity contribution is -0.123. The van der Waals surface area contributed by atoms with Crippen molar-refractivity contribution in [2.45, 2.75) is 44.6 Å². The van der Waals surface area contributed by atoms with Crippen molar-refractivity contribution in [2.75, 3.05) is 45.3 Å². The van der Waals surface area contributed by atoms with Gasteiger partial charge >= 0.3 is 0 Å². The Kier molecular flexibility index (Phi) is 9.31. The third-order valence-electron chi connectivity index (χ3n) is 8.50. The van der Waals surface area contributed by atoms with Crippen LogP contribution < -0.4 is 19.7 Å². The fourth-order valence-electron chi connectivity index (χ4n) is 5.99. The van der Waals surface area contributed by atoms with Gasteiger partial charge in [0.25, 0.3) is 5.91 Å². The Labute approximate surface area is 257 Å². The number of anilines is 1. The molecule has 2 aliphatic heterocycles. The minimum Gasteiger partial charge on any atom is -0.497 e. The van der Waals surface area contributed by atoms with Gasteiger partial charge < -0.3 is 24.6 Å². The van der Waals surface area contributed by atoms with Crippen LogP contribution in [-0.2, 0) is 23.2 Å². The smallest absolute Gasteiger partial charge is 0.251 e. The summed E-state index contributed by atoms with van der Waals surface area (Å²) in [4.78, 5) is 31.2. The van der Waals surface area contributed by atoms with Crippen molar-refractivity contribution in [2.24, 2.45) is 0 Å². The average Bonchev–Trinajstić information content (AvgIpc) is 3.58. The first-order valence-electron chi connectivity index (χ1n) is 14.4. The van der Waals surface area contributed by atoms with Crippen LogP contribution in [0.3, 0.4) is 0 Å². The zero-order valence-electron chi connectivity index (χ0n) is 24.3. The number of benzene rings is 3. The van der Waals surface area contributed by atoms with E-state index >= 15 is 0 Å². The molecule has 7 nitrogen and oxygen atoms in total. The summed E-state index contributed by atoms with van der Waals surface area (Å²) in [6.07, 6.45) is 3.46. The SMILES string of the molecule is COc1ccc(CN2C(=O)C(C)(CCc3cc(C(=O)NCCN4CCCC4)ccc3Cl)c3cc(Cl)ccc32)c(OC)c1. The van der Waals surface area contributed by atoms with Crippen molar-refractivity contribution >= 4 is 40.7 Å². The highest BCUT2D eigenvalue weighted by Gasteiger charge is 2.47. The van der Waals surface area contributed by atoms with E-state index in [0.717, 1.165) is 42.0 Å². The number of fused-ring (bicyclic) bond motifs is 1. The van der Waals surface area contributed by atoms with Gasteiger partial charge in [-0.3, -0.25) is 9.59 Å². The first-order valence-corrected chi connectivity index (χ1v) is 15.1. The molecule has 1 unspecified atom stereocenters. The van der Waals surface area contributed by atoms with E-state index < -0.39 is 5.41 Å². The second-order valence-corrected chi connectivity index (χ2v) is 12.0. The molecule has 1 atom stereocenters. The summed E-state index contributed by atoms with van der Waals surface area (Å²) in [7, 11) is 3.21. The van der Waals surface area contributed by atoms with Crippen LogP contribution in [0.5, 0.6) is 11.5 Å². The van der Waals surface area contributed by atoms with Crippen molar-refractivity contribution in [3.63, 3.8) is 0 Å². The average molecular weight is 611 g/mol. The lowest BCUT2D eigenvalue weighted by Crippen LogP contribution is -2.38. The Hall–Kier alpha value is -3.26. The van der Waals surface area contributed by atoms with Crippen LogP contribution in [0.4, 0.5) is 5.69 Å². The second kappa shape index (κ2) is 12.9. The predicted molar refractivity (Wildman–Crippen MR) is 167 cm³/mol. The zero-order chi connectivity index (χ0) is 29.9. The van der Waals surface area contributed by atoms with E-state index in [0.29, 0.717) is 53.0 Å². The molecule has 0 saturated carbocycles. The Bertz CT molecular complexity index is 1470. The Morgan fingerprint density at radius 1 is 0.976 bits per heavy atom. The van der Waals surface area contributed by atoms with Gasteiger partial charge in [0.2, 0.25) is 5.91 Å². The van der Waals surface area contributed by atoms with Gasteiger partial charge in [0.15, 0.2) is 0 Å². The Morgan fingerprint density at radius 2 is 1.76 bits per heavy atom. The lowest BCUT2D eigenvalue weighted by Gasteiger charge is -2.25. The van der Waals surface area contributed by atoms with E-state index in [1.165, 1.54) is 12.8 Å². The molecule has 2 aliphatic rings. The maximum absolute atomic E-state index is 14.1. The summed E-state index contributed by atoms with van der Waals surface area (Å²) in [5.74, 6) is 1.19. The fourth-order valence-corrected chi connectivity index (χ4v) is 6.37. The third-order valence-corrected chi connectivity index (χ3v) is 9.10. The molecule has 0 bridgehead atoms. The monoisotopic (exact) mass is 609 g/mol. The van der Waals surface area contributed by atoms with E-state index in [-0.39, 0.29) is 11.8 Å². The van der Waals surface area contributed by atoms with Crippen molar-refractivity contribution in [3.8, 4) is 11.5 Å². The number of hydrogen-bond acceptors (Lipinski definition) is 5. The molecule has 42 heavy (non-hydrogen) atoms. The highest BCUT2D eigenvalue weighted by molar-refractivity contribution is 6.31. The summed E-state index contributed by atoms with van der Waals surface area (Å²) in [6, 6.07) is 16.5. The van der Waals surface area contributed by atoms with Crippen LogP contribution in [0, 0.1) is 0 Å². The lowest BCUT2D eigenvalue weighted by atomic mass is 9.78. The van der Waals surface area contributed by atoms with Crippen molar-refractivity contribution in [1.29, 1.82) is 0 Å². The first-order chi connectivity index (χ1) is 20.2. The van der Waals surface area contributed by atoms with Crippen molar-refractivity contribution in [1.82, 2.24) is 10.2 Å². The number of ether oxygens (including phenoxy) is 2. The van der Waals surface area contributed by atoms with Crippen molar-refractivity contribution in [3.05, 3.63) is 86.9 Å². The van der Waals surface area contributed by atoms with Crippen LogP contribution >= 0.6 is 23.2 Å². The minimum atomic E-state index is -0.836. The standard InChI is InChI=1S/C33H37Cl2N3O4/c1-33(13-12-22-18-23(7-10-28(22)35)31(39)36-14-17-37-15-4-5-16-37)27-19-25(34)8-11-29(27)38(32(33)40)21-24-6-9-26(41-2)20-30(24)42-3/h6-11,18-20H,4-5,12-17,21H2,1-3H3,(H,36,39). The predicted octanol–water partition coefficient (Wildman–Crippen LogP) is 6.27. The van der Waals surface area contributed by atoms with Gasteiger partial charge in [-0.1, -0.05) is 23.2 Å². The number of nitrogens with one attached hydrogen (secondary N) is 1. The largest absolute Gasteiger partial charge is 0.497 e. The first kappa shape index (κ1) is 30.2. The molecule has 9 heteroatoms. The summed E-state index contributed by atoms with van der Waals surface area (Å²) >= 11 is 13.0. The van der Waals surface area contributed by atoms with E-state index in [1.54, 1.807) is 37.3 Å². The number of rotatable bonds is 11. The molecule has 1 saturated heterocycles. The van der Waals surface area contributed by atoms with Crippen LogP contribution in [0.25, 0.3) is 0 Å². The maximum atomic E-state index is 14.1. The van der Waals surface area contributed by atoms with Gasteiger partial charge in [-0.2, -0.15) is 0 Å². The topological polar surface area (TPSA) is 71.1 Å². The number of methoxy groups -OCH3 is 2. The summed E-state index contributed by atoms with van der Waals surface area (Å²) in [6.45, 7) is 5.95. The molecular formula is C33H37Cl2N3O4. The van der Waals surface area contributed by atoms with E-state index in [9.17, 15) is 9.59 Å². The molecule has 0 aliphatic carbocycles. The number of amides is 2. The van der Waals surface area contributed by atoms with E-state index in [1.807, 2.05) is 43.3 Å². The zero-order valence-corrected chi connectivity index (χ0v) is 25.9. The Balaban J connectivity index is 1.34. The number of hydrogen-bond donors (Lipinski definition) is 1. The molecule has 1 fully saturated rings. The molecule has 0 spiro atoms. The highest BCUT2D eigenvalue weighted by atomic mass is 35.5. The molecule has 1 N–H and O–H groups in total. The molecule has 0 aromatic heterocycles. The highest BCUT2D eigenvalue weighted by Crippen LogP contribution is 2.47. The van der Waals surface area contributed by atoms with Crippen LogP contribution in [0.15, 0.2) is 54.6 Å². The number of carbonyl (C=O) groups excluding carboxylic acids is 2. The van der Waals surface area contributed by atoms with Crippen LogP contribution in [0.2, 0.25) is 10.0 Å². The number of carbonyl (C=O) groups is 2. The molecule has 5 rings (SSSR count). The van der Waals surface area contributed by atoms with Gasteiger partial charge in [0.1, 0.15) is 11.5 Å². The number of aryl methyl sites for hydroxylation is 1. The molecule has 2 heterocycles. The van der Waals surface area contributed by atoms with E-state index in [4.69, 9.17) is 32.7 Å². The van der Waals surface area contributed by atoms with Crippen LogP contribution in [-0.4, -0.2) is 57.1 Å². The van der Waals surface area contributed by atoms with Crippen LogP contribution in [0.1, 0.15) is 53.2 Å². The third kappa shape index (κ3) is 6.24. The van der Waals surface area contributed by atoms with Gasteiger partial charge in [-0.05, 0) is 105 Å². The van der Waals surface area contributed by atoms with Gasteiger partial charge in [0.05, 0.1) is 26.2 Å². The second-order valence-electron chi connectivity index (χ2n) is 11.2. The summed E-state index contributed by atoms with van der Waals surface area (Å²) in [5, 5.41) is 4.18. The Morgan fingerprint density at radius 3 is 2.50 bits per heavy atom. The van der Waals surface area contributed by atoms with E-state index in [2.05, 4.69) is 10.2 Å². The molecular weight excluding hydrogens is 573 g/mol. The number of nitrogens with zero attached hydrogens (tertiary/aromatic N) is 2. The fraction of sp³-hybridized carbons (Fsp3) is 0.394. The summed E-state index contributed by atoms with van der Waals surface area (Å²) < 4.78 is 10.9. The maximum Gasteiger partial charge on any atom is 0.251 e.